The molecule has 6 aromatic rings. The van der Waals surface area contributed by atoms with Crippen molar-refractivity contribution in [2.24, 2.45) is 17.6 Å². The first-order valence-corrected chi connectivity index (χ1v) is 27.6. The first-order valence-electron chi connectivity index (χ1n) is 27.2. The number of hydrogen-bond donors (Lipinski definition) is 3. The highest BCUT2D eigenvalue weighted by Crippen LogP contribution is 2.49. The summed E-state index contributed by atoms with van der Waals surface area (Å²) in [5.74, 6) is 0.00493. The minimum absolute atomic E-state index is 0. The number of carbonyl (C=O) groups excluding carboxylic acids is 5. The third kappa shape index (κ3) is 12.6. The average Bonchev–Trinajstić information content (AvgIpc) is 3.80. The van der Waals surface area contributed by atoms with Crippen LogP contribution in [0.2, 0.25) is 0 Å². The van der Waals surface area contributed by atoms with E-state index in [1.165, 1.54) is 103 Å². The number of halogens is 2. The lowest BCUT2D eigenvalue weighted by Gasteiger charge is -2.49. The van der Waals surface area contributed by atoms with Crippen LogP contribution in [0, 0.1) is 11.8 Å². The zero-order valence-electron chi connectivity index (χ0n) is 45.3. The molecule has 2 saturated carbocycles. The number of phenols is 1. The normalized spacial score (nSPS) is 22.0. The average molecular weight is 1130 g/mol. The first-order chi connectivity index (χ1) is 37.6. The van der Waals surface area contributed by atoms with Gasteiger partial charge in [0.1, 0.15) is 18.1 Å². The Balaban J connectivity index is 0.000000187. The zero-order chi connectivity index (χ0) is 55.1. The number of rotatable bonds is 8. The van der Waals surface area contributed by atoms with E-state index in [-0.39, 0.29) is 77.0 Å². The van der Waals surface area contributed by atoms with Crippen molar-refractivity contribution in [1.82, 2.24) is 5.32 Å². The quantitative estimate of drug-likeness (QED) is 0.0571. The fourth-order valence-electron chi connectivity index (χ4n) is 13.2. The Hall–Kier alpha value is -6.99. The zero-order valence-corrected chi connectivity index (χ0v) is 46.8. The molecule has 0 spiro atoms. The molecule has 0 aliphatic heterocycles. The molecular weight excluding hydrogens is 1050 g/mol. The molecule has 422 valence electrons. The van der Waals surface area contributed by atoms with E-state index in [1.807, 2.05) is 18.2 Å². The molecule has 4 bridgehead atoms. The van der Waals surface area contributed by atoms with Crippen LogP contribution in [0.4, 0.5) is 4.79 Å². The lowest BCUT2D eigenvalue weighted by atomic mass is 9.59. The predicted octanol–water partition coefficient (Wildman–Crippen LogP) is 14.0. The second kappa shape index (κ2) is 26.5. The van der Waals surface area contributed by atoms with Gasteiger partial charge < -0.3 is 35.1 Å². The van der Waals surface area contributed by atoms with E-state index in [0.29, 0.717) is 29.9 Å². The van der Waals surface area contributed by atoms with Gasteiger partial charge in [-0.2, -0.15) is 0 Å². The largest absolute Gasteiger partial charge is 0.508 e. The van der Waals surface area contributed by atoms with Crippen molar-refractivity contribution in [3.8, 4) is 22.6 Å². The number of phenolic OH excluding ortho intramolecular Hbond substituents is 1. The van der Waals surface area contributed by atoms with Crippen LogP contribution in [0.25, 0.3) is 11.1 Å². The molecule has 6 aromatic carbocycles. The van der Waals surface area contributed by atoms with Gasteiger partial charge in [0, 0.05) is 34.4 Å². The van der Waals surface area contributed by atoms with E-state index < -0.39 is 23.2 Å². The summed E-state index contributed by atoms with van der Waals surface area (Å²) in [5, 5.41) is 12.9. The van der Waals surface area contributed by atoms with Crippen LogP contribution >= 0.6 is 24.0 Å². The number of aromatic hydroxyl groups is 1. The SMILES string of the molecule is C.COC(=O)c1ccccc1C(=O)Cl.COC(=O)c1ccccc1C(=O)Oc1ccc2c(c1)[C@@]1(C)CCCCC[C@@H](C2)[C@@H]1N.C[C@@]12CCCCC[C@@H](Cc3ccc(O)cc31)[C@@H]2NC(=O)OCC1c2ccccc2-c2ccccc21.Cl. The van der Waals surface area contributed by atoms with Crippen LogP contribution in [0.5, 0.6) is 11.5 Å². The van der Waals surface area contributed by atoms with Gasteiger partial charge in [0.2, 0.25) is 0 Å². The highest BCUT2D eigenvalue weighted by Gasteiger charge is 2.47. The number of carbonyl (C=O) groups is 5. The predicted molar refractivity (Wildman–Crippen MR) is 314 cm³/mol. The third-order valence-electron chi connectivity index (χ3n) is 17.2. The summed E-state index contributed by atoms with van der Waals surface area (Å²) in [4.78, 5) is 60.0. The molecule has 0 aromatic heterocycles. The van der Waals surface area contributed by atoms with Crippen molar-refractivity contribution in [2.75, 3.05) is 20.8 Å². The van der Waals surface area contributed by atoms with E-state index in [9.17, 15) is 29.1 Å². The first kappa shape index (κ1) is 60.6. The molecule has 1 amide bonds. The molecule has 11 rings (SSSR count). The molecule has 0 unspecified atom stereocenters. The summed E-state index contributed by atoms with van der Waals surface area (Å²) >= 11 is 5.26. The monoisotopic (exact) mass is 1120 g/mol. The number of nitrogens with one attached hydrogen (secondary N) is 1. The number of methoxy groups -OCH3 is 2. The van der Waals surface area contributed by atoms with Crippen LogP contribution in [0.1, 0.15) is 166 Å². The van der Waals surface area contributed by atoms with Gasteiger partial charge in [0.25, 0.3) is 5.24 Å². The minimum atomic E-state index is -0.666. The van der Waals surface area contributed by atoms with Crippen LogP contribution in [-0.4, -0.2) is 67.3 Å². The Morgan fingerprint density at radius 3 is 1.69 bits per heavy atom. The molecule has 0 heterocycles. The van der Waals surface area contributed by atoms with Gasteiger partial charge in [-0.1, -0.05) is 145 Å². The van der Waals surface area contributed by atoms with Gasteiger partial charge in [-0.25, -0.2) is 19.2 Å². The van der Waals surface area contributed by atoms with E-state index >= 15 is 0 Å². The Morgan fingerprint density at radius 2 is 1.10 bits per heavy atom. The number of amides is 1. The standard InChI is InChI=1S/C31H33NO3.C25H29NO4.C9H7ClO3.CH4.ClH/c1-31-16-8-2-3-9-21(17-20-14-15-22(33)18-28(20)31)29(31)32-30(34)35-19-27-25-12-6-4-10-23(25)24-11-5-7-13-26(24)27;1-25-13-7-3-4-8-17(22(25)26)14-16-11-12-18(15-21(16)25)30-24(28)20-10-6-5-9-19(20)23(27)29-2;1-13-9(12)7-5-3-2-4-6(7)8(10)11;;/h4-7,10-15,18,21,27,29,33H,2-3,8-9,16-17,19H2,1H3,(H,32,34);5-6,9-12,15,17,22H,3-4,7-8,13-14,26H2,1-2H3;2-5H,1H3;1H4;1H/t21-,29-,31+;17-,22-,25+;;;/m00.../s1. The van der Waals surface area contributed by atoms with Crippen LogP contribution in [-0.2, 0) is 37.9 Å². The highest BCUT2D eigenvalue weighted by atomic mass is 35.5. The molecular formula is C66H74Cl2N2O10. The second-order valence-corrected chi connectivity index (χ2v) is 22.2. The Bertz CT molecular complexity index is 3170. The van der Waals surface area contributed by atoms with Gasteiger partial charge in [0.05, 0.1) is 30.9 Å². The fourth-order valence-corrected chi connectivity index (χ4v) is 13.4. The van der Waals surface area contributed by atoms with Crippen molar-refractivity contribution in [1.29, 1.82) is 0 Å². The summed E-state index contributed by atoms with van der Waals surface area (Å²) in [6.45, 7) is 4.84. The molecule has 6 atom stereocenters. The van der Waals surface area contributed by atoms with Gasteiger partial charge in [0.15, 0.2) is 0 Å². The number of nitrogens with two attached hydrogens (primary N) is 1. The number of fused-ring (bicyclic) bond motifs is 11. The lowest BCUT2D eigenvalue weighted by molar-refractivity contribution is 0.0585. The molecule has 80 heavy (non-hydrogen) atoms. The van der Waals surface area contributed by atoms with Gasteiger partial charge >= 0.3 is 24.0 Å². The van der Waals surface area contributed by atoms with Crippen LogP contribution in [0.3, 0.4) is 0 Å². The molecule has 4 N–H and O–H groups in total. The second-order valence-electron chi connectivity index (χ2n) is 21.8. The van der Waals surface area contributed by atoms with Gasteiger partial charge in [-0.15, -0.1) is 12.4 Å². The van der Waals surface area contributed by atoms with E-state index in [0.717, 1.165) is 44.9 Å². The maximum Gasteiger partial charge on any atom is 0.407 e. The van der Waals surface area contributed by atoms with Crippen molar-refractivity contribution in [3.63, 3.8) is 0 Å². The van der Waals surface area contributed by atoms with Crippen molar-refractivity contribution < 1.29 is 48.0 Å². The number of alkyl carbamates (subject to hydrolysis) is 1. The molecule has 14 heteroatoms. The van der Waals surface area contributed by atoms with Crippen molar-refractivity contribution >= 4 is 53.3 Å². The van der Waals surface area contributed by atoms with E-state index in [4.69, 9.17) is 31.5 Å². The topological polar surface area (TPSA) is 181 Å². The summed E-state index contributed by atoms with van der Waals surface area (Å²) < 4.78 is 20.9. The summed E-state index contributed by atoms with van der Waals surface area (Å²) in [6.07, 6.45) is 13.1. The Kier molecular flexibility index (Phi) is 20.1. The molecule has 2 fully saturated rings. The minimum Gasteiger partial charge on any atom is -0.508 e. The number of benzene rings is 6. The fraction of sp³-hybridized carbons (Fsp3) is 0.379. The van der Waals surface area contributed by atoms with Crippen LogP contribution < -0.4 is 15.8 Å². The number of hydrogen-bond acceptors (Lipinski definition) is 11. The summed E-state index contributed by atoms with van der Waals surface area (Å²) in [6, 6.07) is 41.4. The number of ether oxygens (including phenoxy) is 4. The third-order valence-corrected chi connectivity index (χ3v) is 17.4. The molecule has 12 nitrogen and oxygen atoms in total. The van der Waals surface area contributed by atoms with Crippen molar-refractivity contribution in [2.45, 2.75) is 127 Å². The van der Waals surface area contributed by atoms with Crippen LogP contribution in [0.15, 0.2) is 133 Å². The van der Waals surface area contributed by atoms with Gasteiger partial charge in [-0.3, -0.25) is 4.79 Å². The number of esters is 3. The highest BCUT2D eigenvalue weighted by molar-refractivity contribution is 6.68. The lowest BCUT2D eigenvalue weighted by Crippen LogP contribution is -2.57. The summed E-state index contributed by atoms with van der Waals surface area (Å²) in [7, 11) is 2.54. The van der Waals surface area contributed by atoms with Gasteiger partial charge in [-0.05, 0) is 155 Å². The molecule has 0 radical (unpaired) electrons. The smallest absolute Gasteiger partial charge is 0.407 e. The van der Waals surface area contributed by atoms with E-state index in [1.54, 1.807) is 42.5 Å². The summed E-state index contributed by atoms with van der Waals surface area (Å²) in [5.41, 5.74) is 17.0. The Labute approximate surface area is 481 Å². The molecule has 5 aliphatic carbocycles. The molecule has 0 saturated heterocycles. The van der Waals surface area contributed by atoms with E-state index in [2.05, 4.69) is 84.6 Å². The maximum atomic E-state index is 13.3. The molecule has 5 aliphatic rings. The maximum absolute atomic E-state index is 13.3. The Morgan fingerprint density at radius 1 is 0.613 bits per heavy atom. The van der Waals surface area contributed by atoms with Crippen molar-refractivity contribution in [3.05, 3.63) is 189 Å².